The van der Waals surface area contributed by atoms with Gasteiger partial charge in [-0.25, -0.2) is 4.39 Å². The first-order chi connectivity index (χ1) is 10.1. The summed E-state index contributed by atoms with van der Waals surface area (Å²) in [7, 11) is 0. The van der Waals surface area contributed by atoms with Crippen LogP contribution < -0.4 is 11.1 Å². The standard InChI is InChI=1S/C16H17FN2OS/c17-10-3-4-13-11(7-10)14(18)15(21-13)16(20)19-12-6-8-1-2-9(12)5-8/h3-4,7-9,12H,1-2,5-6,18H2,(H,19,20). The number of halogens is 1. The van der Waals surface area contributed by atoms with Crippen LogP contribution in [0.25, 0.3) is 10.1 Å². The summed E-state index contributed by atoms with van der Waals surface area (Å²) in [6, 6.07) is 4.77. The normalized spacial score (nSPS) is 27.4. The van der Waals surface area contributed by atoms with E-state index in [1.807, 2.05) is 0 Å². The molecule has 0 spiro atoms. The molecule has 1 amide bonds. The molecule has 2 aromatic rings. The molecule has 0 radical (unpaired) electrons. The molecular formula is C16H17FN2OS. The fourth-order valence-electron chi connectivity index (χ4n) is 3.91. The van der Waals surface area contributed by atoms with Gasteiger partial charge in [-0.05, 0) is 49.3 Å². The number of thiophene rings is 1. The van der Waals surface area contributed by atoms with Crippen molar-refractivity contribution in [1.82, 2.24) is 5.32 Å². The number of amides is 1. The van der Waals surface area contributed by atoms with Gasteiger partial charge < -0.3 is 11.1 Å². The van der Waals surface area contributed by atoms with Gasteiger partial charge in [0.05, 0.1) is 5.69 Å². The number of carbonyl (C=O) groups is 1. The Morgan fingerprint density at radius 3 is 2.90 bits per heavy atom. The molecule has 2 bridgehead atoms. The molecule has 2 aliphatic carbocycles. The molecule has 21 heavy (non-hydrogen) atoms. The van der Waals surface area contributed by atoms with Crippen LogP contribution in [0.1, 0.15) is 35.4 Å². The zero-order valence-electron chi connectivity index (χ0n) is 11.6. The van der Waals surface area contributed by atoms with Crippen molar-refractivity contribution < 1.29 is 9.18 Å². The third-order valence-corrected chi connectivity index (χ3v) is 6.13. The van der Waals surface area contributed by atoms with Crippen LogP contribution in [0.15, 0.2) is 18.2 Å². The van der Waals surface area contributed by atoms with Crippen molar-refractivity contribution in [2.45, 2.75) is 31.7 Å². The smallest absolute Gasteiger partial charge is 0.263 e. The highest BCUT2D eigenvalue weighted by atomic mass is 32.1. The van der Waals surface area contributed by atoms with Crippen LogP contribution >= 0.6 is 11.3 Å². The van der Waals surface area contributed by atoms with Gasteiger partial charge in [-0.2, -0.15) is 0 Å². The van der Waals surface area contributed by atoms with Crippen LogP contribution in [0.5, 0.6) is 0 Å². The Balaban J connectivity index is 1.61. The lowest BCUT2D eigenvalue weighted by molar-refractivity contribution is 0.0928. The molecule has 110 valence electrons. The predicted molar refractivity (Wildman–Crippen MR) is 82.9 cm³/mol. The minimum atomic E-state index is -0.327. The molecule has 5 heteroatoms. The number of benzene rings is 1. The number of nitrogens with one attached hydrogen (secondary N) is 1. The van der Waals surface area contributed by atoms with Gasteiger partial charge in [-0.15, -0.1) is 11.3 Å². The van der Waals surface area contributed by atoms with E-state index < -0.39 is 0 Å². The largest absolute Gasteiger partial charge is 0.397 e. The van der Waals surface area contributed by atoms with Crippen molar-refractivity contribution in [1.29, 1.82) is 0 Å². The Morgan fingerprint density at radius 1 is 1.33 bits per heavy atom. The summed E-state index contributed by atoms with van der Waals surface area (Å²) in [4.78, 5) is 13.0. The van der Waals surface area contributed by atoms with Gasteiger partial charge in [0.2, 0.25) is 0 Å². The van der Waals surface area contributed by atoms with E-state index in [1.54, 1.807) is 6.07 Å². The van der Waals surface area contributed by atoms with Gasteiger partial charge in [0.1, 0.15) is 10.7 Å². The van der Waals surface area contributed by atoms with Crippen molar-refractivity contribution in [3.05, 3.63) is 28.9 Å². The highest BCUT2D eigenvalue weighted by Crippen LogP contribution is 2.44. The first-order valence-electron chi connectivity index (χ1n) is 7.40. The van der Waals surface area contributed by atoms with Crippen molar-refractivity contribution in [3.8, 4) is 0 Å². The molecule has 2 aliphatic rings. The molecule has 3 N–H and O–H groups in total. The highest BCUT2D eigenvalue weighted by molar-refractivity contribution is 7.21. The van der Waals surface area contributed by atoms with E-state index >= 15 is 0 Å². The third kappa shape index (κ3) is 2.11. The second-order valence-corrected chi connectivity index (χ2v) is 7.29. The Bertz CT molecular complexity index is 726. The number of hydrogen-bond donors (Lipinski definition) is 2. The Labute approximate surface area is 126 Å². The average molecular weight is 304 g/mol. The fourth-order valence-corrected chi connectivity index (χ4v) is 4.92. The van der Waals surface area contributed by atoms with Crippen molar-refractivity contribution >= 4 is 33.0 Å². The second kappa shape index (κ2) is 4.70. The zero-order chi connectivity index (χ0) is 14.6. The number of hydrogen-bond acceptors (Lipinski definition) is 3. The number of anilines is 1. The van der Waals surface area contributed by atoms with E-state index in [4.69, 9.17) is 5.73 Å². The molecule has 0 saturated heterocycles. The van der Waals surface area contributed by atoms with Crippen molar-refractivity contribution in [3.63, 3.8) is 0 Å². The van der Waals surface area contributed by atoms with Gasteiger partial charge >= 0.3 is 0 Å². The summed E-state index contributed by atoms with van der Waals surface area (Å²) in [6.07, 6.45) is 4.87. The lowest BCUT2D eigenvalue weighted by Crippen LogP contribution is -2.38. The van der Waals surface area contributed by atoms with Gasteiger partial charge in [0.15, 0.2) is 0 Å². The summed E-state index contributed by atoms with van der Waals surface area (Å²) in [5.41, 5.74) is 6.44. The molecule has 2 saturated carbocycles. The van der Waals surface area contributed by atoms with Crippen LogP contribution in [0.4, 0.5) is 10.1 Å². The SMILES string of the molecule is Nc1c(C(=O)NC2CC3CCC2C3)sc2ccc(F)cc12. The number of nitrogen functional groups attached to an aromatic ring is 1. The molecule has 1 aromatic carbocycles. The van der Waals surface area contributed by atoms with Gasteiger partial charge in [0, 0.05) is 16.1 Å². The van der Waals surface area contributed by atoms with Crippen LogP contribution in [0.3, 0.4) is 0 Å². The summed E-state index contributed by atoms with van der Waals surface area (Å²) in [5, 5.41) is 3.78. The fraction of sp³-hybridized carbons (Fsp3) is 0.438. The predicted octanol–water partition coefficient (Wildman–Crippen LogP) is 3.54. The second-order valence-electron chi connectivity index (χ2n) is 6.24. The summed E-state index contributed by atoms with van der Waals surface area (Å²) in [6.45, 7) is 0. The molecule has 3 unspecified atom stereocenters. The van der Waals surface area contributed by atoms with E-state index in [-0.39, 0.29) is 17.8 Å². The molecule has 0 aliphatic heterocycles. The van der Waals surface area contributed by atoms with Crippen LogP contribution in [0, 0.1) is 17.7 Å². The van der Waals surface area contributed by atoms with Crippen molar-refractivity contribution in [2.75, 3.05) is 5.73 Å². The Kier molecular flexibility index (Phi) is 2.92. The lowest BCUT2D eigenvalue weighted by atomic mass is 9.95. The monoisotopic (exact) mass is 304 g/mol. The average Bonchev–Trinajstić information content (AvgIpc) is 3.14. The van der Waals surface area contributed by atoms with Crippen LogP contribution in [-0.2, 0) is 0 Å². The number of carbonyl (C=O) groups excluding carboxylic acids is 1. The number of rotatable bonds is 2. The maximum absolute atomic E-state index is 13.3. The molecule has 2 fully saturated rings. The molecule has 1 heterocycles. The van der Waals surface area contributed by atoms with E-state index in [9.17, 15) is 9.18 Å². The topological polar surface area (TPSA) is 55.1 Å². The van der Waals surface area contributed by atoms with E-state index in [2.05, 4.69) is 5.32 Å². The van der Waals surface area contributed by atoms with Crippen molar-refractivity contribution in [2.24, 2.45) is 11.8 Å². The van der Waals surface area contributed by atoms with E-state index in [1.165, 1.54) is 42.7 Å². The Morgan fingerprint density at radius 2 is 2.19 bits per heavy atom. The number of nitrogens with two attached hydrogens (primary N) is 1. The summed E-state index contributed by atoms with van der Waals surface area (Å²) in [5.74, 6) is 0.986. The van der Waals surface area contributed by atoms with E-state index in [0.717, 1.165) is 17.0 Å². The molecule has 3 atom stereocenters. The summed E-state index contributed by atoms with van der Waals surface area (Å²) >= 11 is 1.34. The van der Waals surface area contributed by atoms with Gasteiger partial charge in [-0.3, -0.25) is 4.79 Å². The molecular weight excluding hydrogens is 287 g/mol. The maximum atomic E-state index is 13.3. The maximum Gasteiger partial charge on any atom is 0.263 e. The third-order valence-electron chi connectivity index (χ3n) is 4.95. The summed E-state index contributed by atoms with van der Waals surface area (Å²) < 4.78 is 14.2. The zero-order valence-corrected chi connectivity index (χ0v) is 12.4. The van der Waals surface area contributed by atoms with Crippen LogP contribution in [-0.4, -0.2) is 11.9 Å². The van der Waals surface area contributed by atoms with E-state index in [0.29, 0.717) is 21.9 Å². The van der Waals surface area contributed by atoms with Gasteiger partial charge in [-0.1, -0.05) is 6.42 Å². The first kappa shape index (κ1) is 13.1. The van der Waals surface area contributed by atoms with Crippen LogP contribution in [0.2, 0.25) is 0 Å². The first-order valence-corrected chi connectivity index (χ1v) is 8.22. The highest BCUT2D eigenvalue weighted by Gasteiger charge is 2.40. The molecule has 1 aromatic heterocycles. The minimum absolute atomic E-state index is 0.105. The molecule has 3 nitrogen and oxygen atoms in total. The lowest BCUT2D eigenvalue weighted by Gasteiger charge is -2.22. The van der Waals surface area contributed by atoms with Gasteiger partial charge in [0.25, 0.3) is 5.91 Å². The quantitative estimate of drug-likeness (QED) is 0.891. The number of fused-ring (bicyclic) bond motifs is 3. The minimum Gasteiger partial charge on any atom is -0.397 e. The Hall–Kier alpha value is -1.62. The molecule has 4 rings (SSSR count).